The monoisotopic (exact) mass is 251 g/mol. The molecule has 1 fully saturated rings. The van der Waals surface area contributed by atoms with E-state index in [0.29, 0.717) is 6.04 Å². The fourth-order valence-electron chi connectivity index (χ4n) is 1.70. The molecule has 1 atom stereocenters. The highest BCUT2D eigenvalue weighted by Gasteiger charge is 2.21. The van der Waals surface area contributed by atoms with Crippen LogP contribution >= 0.6 is 11.8 Å². The molecule has 2 nitrogen and oxygen atoms in total. The fraction of sp³-hybridized carbons (Fsp3) is 0.571. The maximum absolute atomic E-state index is 9.86. The van der Waals surface area contributed by atoms with Crippen molar-refractivity contribution in [2.75, 3.05) is 12.3 Å². The minimum absolute atomic E-state index is 0.250. The molecule has 0 saturated heterocycles. The Morgan fingerprint density at radius 1 is 1.41 bits per heavy atom. The number of aliphatic hydroxyl groups is 1. The summed E-state index contributed by atoms with van der Waals surface area (Å²) in [7, 11) is 0. The van der Waals surface area contributed by atoms with Crippen LogP contribution < -0.4 is 5.32 Å². The molecule has 0 bridgehead atoms. The first-order valence-electron chi connectivity index (χ1n) is 6.26. The van der Waals surface area contributed by atoms with Crippen molar-refractivity contribution in [2.45, 2.75) is 43.7 Å². The van der Waals surface area contributed by atoms with Gasteiger partial charge >= 0.3 is 0 Å². The maximum atomic E-state index is 9.86. The number of hydrogen-bond donors (Lipinski definition) is 2. The minimum Gasteiger partial charge on any atom is -0.391 e. The van der Waals surface area contributed by atoms with Gasteiger partial charge in [-0.05, 0) is 38.3 Å². The zero-order valence-corrected chi connectivity index (χ0v) is 11.4. The Labute approximate surface area is 108 Å². The van der Waals surface area contributed by atoms with E-state index in [-0.39, 0.29) is 6.10 Å². The van der Waals surface area contributed by atoms with Gasteiger partial charge < -0.3 is 10.4 Å². The summed E-state index contributed by atoms with van der Waals surface area (Å²) >= 11 is 1.75. The van der Waals surface area contributed by atoms with Crippen LogP contribution in [0, 0.1) is 13.8 Å². The summed E-state index contributed by atoms with van der Waals surface area (Å²) in [5, 5.41) is 13.2. The van der Waals surface area contributed by atoms with Crippen molar-refractivity contribution in [1.29, 1.82) is 0 Å². The van der Waals surface area contributed by atoms with Gasteiger partial charge in [0.05, 0.1) is 6.10 Å². The topological polar surface area (TPSA) is 32.3 Å². The van der Waals surface area contributed by atoms with Gasteiger partial charge in [-0.3, -0.25) is 0 Å². The van der Waals surface area contributed by atoms with Gasteiger partial charge in [-0.1, -0.05) is 17.7 Å². The van der Waals surface area contributed by atoms with Crippen LogP contribution in [0.2, 0.25) is 0 Å². The van der Waals surface area contributed by atoms with Crippen LogP contribution in [0.3, 0.4) is 0 Å². The lowest BCUT2D eigenvalue weighted by atomic mass is 10.2. The summed E-state index contributed by atoms with van der Waals surface area (Å²) in [5.74, 6) is 0.768. The Bertz CT molecular complexity index is 376. The van der Waals surface area contributed by atoms with E-state index >= 15 is 0 Å². The molecule has 0 aromatic heterocycles. The van der Waals surface area contributed by atoms with Crippen LogP contribution in [-0.4, -0.2) is 29.5 Å². The Balaban J connectivity index is 1.77. The normalized spacial score (nSPS) is 17.1. The van der Waals surface area contributed by atoms with E-state index in [1.807, 2.05) is 0 Å². The third-order valence-electron chi connectivity index (χ3n) is 2.99. The minimum atomic E-state index is -0.250. The van der Waals surface area contributed by atoms with Gasteiger partial charge in [0.1, 0.15) is 0 Å². The predicted octanol–water partition coefficient (Wildman–Crippen LogP) is 2.51. The highest BCUT2D eigenvalue weighted by atomic mass is 32.2. The molecule has 1 unspecified atom stereocenters. The Morgan fingerprint density at radius 3 is 2.88 bits per heavy atom. The molecule has 1 aromatic rings. The van der Waals surface area contributed by atoms with Crippen molar-refractivity contribution in [3.63, 3.8) is 0 Å². The van der Waals surface area contributed by atoms with Gasteiger partial charge in [-0.25, -0.2) is 0 Å². The first-order chi connectivity index (χ1) is 8.15. The van der Waals surface area contributed by atoms with E-state index in [4.69, 9.17) is 0 Å². The largest absolute Gasteiger partial charge is 0.391 e. The molecule has 3 heteroatoms. The number of hydrogen-bond acceptors (Lipinski definition) is 3. The van der Waals surface area contributed by atoms with E-state index in [2.05, 4.69) is 37.4 Å². The van der Waals surface area contributed by atoms with Crippen LogP contribution in [0.1, 0.15) is 24.0 Å². The second-order valence-electron chi connectivity index (χ2n) is 4.92. The van der Waals surface area contributed by atoms with Gasteiger partial charge in [0.15, 0.2) is 0 Å². The lowest BCUT2D eigenvalue weighted by Gasteiger charge is -2.12. The molecule has 1 aliphatic carbocycles. The molecule has 0 heterocycles. The summed E-state index contributed by atoms with van der Waals surface area (Å²) in [6, 6.07) is 7.15. The Hall–Kier alpha value is -0.510. The zero-order valence-electron chi connectivity index (χ0n) is 10.6. The van der Waals surface area contributed by atoms with Crippen LogP contribution in [-0.2, 0) is 0 Å². The maximum Gasteiger partial charge on any atom is 0.0758 e. The summed E-state index contributed by atoms with van der Waals surface area (Å²) < 4.78 is 0. The highest BCUT2D eigenvalue weighted by molar-refractivity contribution is 7.99. The molecule has 0 radical (unpaired) electrons. The van der Waals surface area contributed by atoms with Crippen molar-refractivity contribution in [3.05, 3.63) is 29.3 Å². The van der Waals surface area contributed by atoms with Gasteiger partial charge in [0.2, 0.25) is 0 Å². The van der Waals surface area contributed by atoms with Crippen LogP contribution in [0.25, 0.3) is 0 Å². The molecular weight excluding hydrogens is 230 g/mol. The Kier molecular flexibility index (Phi) is 4.48. The second kappa shape index (κ2) is 5.89. The highest BCUT2D eigenvalue weighted by Crippen LogP contribution is 2.24. The number of thioether (sulfide) groups is 1. The molecular formula is C14H21NOS. The third kappa shape index (κ3) is 4.34. The van der Waals surface area contributed by atoms with Crippen LogP contribution in [0.15, 0.2) is 23.1 Å². The average Bonchev–Trinajstić information content (AvgIpc) is 3.11. The molecule has 2 N–H and O–H groups in total. The number of aliphatic hydroxyl groups excluding tert-OH is 1. The van der Waals surface area contributed by atoms with Gasteiger partial charge in [0.25, 0.3) is 0 Å². The van der Waals surface area contributed by atoms with E-state index in [1.165, 1.54) is 28.9 Å². The first kappa shape index (κ1) is 12.9. The van der Waals surface area contributed by atoms with E-state index in [1.54, 1.807) is 11.8 Å². The van der Waals surface area contributed by atoms with E-state index in [9.17, 15) is 5.11 Å². The number of nitrogens with one attached hydrogen (secondary N) is 1. The summed E-state index contributed by atoms with van der Waals surface area (Å²) in [6.07, 6.45) is 2.30. The third-order valence-corrected chi connectivity index (χ3v) is 4.30. The van der Waals surface area contributed by atoms with Crippen LogP contribution in [0.4, 0.5) is 0 Å². The molecule has 0 spiro atoms. The standard InChI is InChI=1S/C14H21NOS/c1-10-3-4-11(2)14(7-10)17-9-13(16)8-15-12-5-6-12/h3-4,7,12-13,15-16H,5-6,8-9H2,1-2H3. The predicted molar refractivity (Wildman–Crippen MR) is 73.7 cm³/mol. The number of rotatable bonds is 6. The molecule has 1 saturated carbocycles. The summed E-state index contributed by atoms with van der Waals surface area (Å²) in [4.78, 5) is 1.29. The van der Waals surface area contributed by atoms with E-state index < -0.39 is 0 Å². The van der Waals surface area contributed by atoms with Gasteiger partial charge in [-0.2, -0.15) is 0 Å². The Morgan fingerprint density at radius 2 is 2.18 bits per heavy atom. The molecule has 1 aromatic carbocycles. The number of aryl methyl sites for hydroxylation is 2. The summed E-state index contributed by atoms with van der Waals surface area (Å²) in [6.45, 7) is 4.95. The second-order valence-corrected chi connectivity index (χ2v) is 5.98. The van der Waals surface area contributed by atoms with Crippen molar-refractivity contribution in [1.82, 2.24) is 5.32 Å². The summed E-state index contributed by atoms with van der Waals surface area (Å²) in [5.41, 5.74) is 2.58. The SMILES string of the molecule is Cc1ccc(C)c(SCC(O)CNC2CC2)c1. The molecule has 17 heavy (non-hydrogen) atoms. The van der Waals surface area contributed by atoms with Gasteiger partial charge in [0, 0.05) is 23.2 Å². The lowest BCUT2D eigenvalue weighted by molar-refractivity contribution is 0.195. The number of benzene rings is 1. The van der Waals surface area contributed by atoms with Crippen molar-refractivity contribution < 1.29 is 5.11 Å². The quantitative estimate of drug-likeness (QED) is 0.762. The smallest absolute Gasteiger partial charge is 0.0758 e. The average molecular weight is 251 g/mol. The van der Waals surface area contributed by atoms with Gasteiger partial charge in [-0.15, -0.1) is 11.8 Å². The first-order valence-corrected chi connectivity index (χ1v) is 7.25. The van der Waals surface area contributed by atoms with Crippen molar-refractivity contribution >= 4 is 11.8 Å². The van der Waals surface area contributed by atoms with E-state index in [0.717, 1.165) is 12.3 Å². The molecule has 0 amide bonds. The van der Waals surface area contributed by atoms with Crippen molar-refractivity contribution in [3.8, 4) is 0 Å². The molecule has 0 aliphatic heterocycles. The fourth-order valence-corrected chi connectivity index (χ4v) is 2.75. The molecule has 94 valence electrons. The lowest BCUT2D eigenvalue weighted by Crippen LogP contribution is -2.29. The molecule has 2 rings (SSSR count). The van der Waals surface area contributed by atoms with Crippen LogP contribution in [0.5, 0.6) is 0 Å². The molecule has 1 aliphatic rings. The zero-order chi connectivity index (χ0) is 12.3. The van der Waals surface area contributed by atoms with Crippen molar-refractivity contribution in [2.24, 2.45) is 0 Å².